The summed E-state index contributed by atoms with van der Waals surface area (Å²) in [4.78, 5) is 25.6. The average Bonchev–Trinajstić information content (AvgIpc) is 2.46. The molecule has 1 aromatic carbocycles. The van der Waals surface area contributed by atoms with Gasteiger partial charge >= 0.3 is 0 Å². The molecule has 3 N–H and O–H groups in total. The van der Waals surface area contributed by atoms with E-state index in [2.05, 4.69) is 5.32 Å². The van der Waals surface area contributed by atoms with Crippen LogP contribution in [0.25, 0.3) is 0 Å². The molecule has 0 saturated carbocycles. The summed E-state index contributed by atoms with van der Waals surface area (Å²) in [5.74, 6) is -0.328. The van der Waals surface area contributed by atoms with E-state index < -0.39 is 0 Å². The minimum atomic E-state index is -0.302. The van der Waals surface area contributed by atoms with E-state index >= 15 is 0 Å². The van der Waals surface area contributed by atoms with Crippen LogP contribution < -0.4 is 11.1 Å². The van der Waals surface area contributed by atoms with Gasteiger partial charge in [-0.25, -0.2) is 0 Å². The third-order valence-electron chi connectivity index (χ3n) is 3.31. The molecule has 0 spiro atoms. The molecule has 0 aromatic heterocycles. The van der Waals surface area contributed by atoms with Crippen molar-refractivity contribution >= 4 is 29.9 Å². The van der Waals surface area contributed by atoms with Gasteiger partial charge in [0.15, 0.2) is 0 Å². The highest BCUT2D eigenvalue weighted by Crippen LogP contribution is 2.10. The first-order valence-electron chi connectivity index (χ1n) is 6.59. The topological polar surface area (TPSA) is 75.4 Å². The Morgan fingerprint density at radius 3 is 2.45 bits per heavy atom. The molecule has 6 heteroatoms. The minimum Gasteiger partial charge on any atom is -0.398 e. The van der Waals surface area contributed by atoms with Gasteiger partial charge < -0.3 is 16.0 Å². The fraction of sp³-hybridized carbons (Fsp3) is 0.429. The maximum Gasteiger partial charge on any atom is 0.253 e. The number of likely N-dealkylation sites (tertiary alicyclic amines) is 1. The molecule has 20 heavy (non-hydrogen) atoms. The molecule has 1 aliphatic rings. The van der Waals surface area contributed by atoms with Crippen LogP contribution in [0, 0.1) is 0 Å². The van der Waals surface area contributed by atoms with E-state index in [0.717, 1.165) is 25.9 Å². The lowest BCUT2D eigenvalue weighted by atomic mass is 10.1. The minimum absolute atomic E-state index is 0. The monoisotopic (exact) mass is 297 g/mol. The predicted octanol–water partition coefficient (Wildman–Crippen LogP) is 1.43. The molecular weight excluding hydrogens is 278 g/mol. The number of amides is 2. The number of hydrogen-bond acceptors (Lipinski definition) is 3. The van der Waals surface area contributed by atoms with Crippen LogP contribution in [0.5, 0.6) is 0 Å². The summed E-state index contributed by atoms with van der Waals surface area (Å²) in [5.41, 5.74) is 6.55. The van der Waals surface area contributed by atoms with Gasteiger partial charge in [-0.15, -0.1) is 12.4 Å². The normalized spacial score (nSPS) is 14.3. The van der Waals surface area contributed by atoms with Crippen molar-refractivity contribution < 1.29 is 9.59 Å². The Bertz CT molecular complexity index is 473. The Hall–Kier alpha value is -1.75. The highest BCUT2D eigenvalue weighted by atomic mass is 35.5. The molecule has 1 saturated heterocycles. The van der Waals surface area contributed by atoms with Crippen LogP contribution in [0.3, 0.4) is 0 Å². The Labute approximate surface area is 124 Å². The molecule has 0 bridgehead atoms. The molecule has 1 heterocycles. The number of rotatable bonds is 3. The summed E-state index contributed by atoms with van der Waals surface area (Å²) >= 11 is 0. The van der Waals surface area contributed by atoms with Crippen molar-refractivity contribution in [3.63, 3.8) is 0 Å². The van der Waals surface area contributed by atoms with Gasteiger partial charge in [-0.05, 0) is 31.4 Å². The summed E-state index contributed by atoms with van der Waals surface area (Å²) in [5, 5.41) is 2.63. The van der Waals surface area contributed by atoms with Crippen LogP contribution in [0.2, 0.25) is 0 Å². The van der Waals surface area contributed by atoms with Gasteiger partial charge in [-0.2, -0.15) is 0 Å². The second-order valence-corrected chi connectivity index (χ2v) is 4.71. The van der Waals surface area contributed by atoms with Crippen molar-refractivity contribution in [1.82, 2.24) is 10.2 Å². The van der Waals surface area contributed by atoms with E-state index in [1.165, 1.54) is 6.42 Å². The fourth-order valence-corrected chi connectivity index (χ4v) is 2.21. The maximum absolute atomic E-state index is 11.9. The lowest BCUT2D eigenvalue weighted by molar-refractivity contribution is -0.130. The molecule has 0 aliphatic carbocycles. The number of nitrogens with one attached hydrogen (secondary N) is 1. The molecule has 1 aliphatic heterocycles. The van der Waals surface area contributed by atoms with E-state index in [-0.39, 0.29) is 30.8 Å². The van der Waals surface area contributed by atoms with Crippen molar-refractivity contribution in [2.75, 3.05) is 25.4 Å². The van der Waals surface area contributed by atoms with Gasteiger partial charge in [-0.1, -0.05) is 12.1 Å². The Morgan fingerprint density at radius 2 is 1.80 bits per heavy atom. The Kier molecular flexibility index (Phi) is 6.31. The van der Waals surface area contributed by atoms with Crippen molar-refractivity contribution in [2.45, 2.75) is 19.3 Å². The molecule has 110 valence electrons. The van der Waals surface area contributed by atoms with E-state index in [4.69, 9.17) is 5.73 Å². The number of nitrogen functional groups attached to an aromatic ring is 1. The summed E-state index contributed by atoms with van der Waals surface area (Å²) < 4.78 is 0. The van der Waals surface area contributed by atoms with Gasteiger partial charge in [0.1, 0.15) is 0 Å². The van der Waals surface area contributed by atoms with Crippen molar-refractivity contribution in [1.29, 1.82) is 0 Å². The first-order valence-corrected chi connectivity index (χ1v) is 6.59. The molecule has 0 radical (unpaired) electrons. The quantitative estimate of drug-likeness (QED) is 0.829. The van der Waals surface area contributed by atoms with Crippen molar-refractivity contribution in [3.05, 3.63) is 29.8 Å². The van der Waals surface area contributed by atoms with Crippen molar-refractivity contribution in [3.8, 4) is 0 Å². The van der Waals surface area contributed by atoms with Crippen LogP contribution >= 0.6 is 12.4 Å². The zero-order valence-corrected chi connectivity index (χ0v) is 12.1. The number of nitrogens with two attached hydrogens (primary N) is 1. The van der Waals surface area contributed by atoms with E-state index in [1.54, 1.807) is 29.2 Å². The van der Waals surface area contributed by atoms with Crippen molar-refractivity contribution in [2.24, 2.45) is 0 Å². The standard InChI is InChI=1S/C14H19N3O2.ClH/c15-12-7-3-2-6-11(12)14(19)16-10-13(18)17-8-4-1-5-9-17;/h2-3,6-7H,1,4-5,8-10,15H2,(H,16,19);1H. The first kappa shape index (κ1) is 16.3. The number of para-hydroxylation sites is 1. The van der Waals surface area contributed by atoms with Crippen LogP contribution in [0.1, 0.15) is 29.6 Å². The second kappa shape index (κ2) is 7.75. The highest BCUT2D eigenvalue weighted by molar-refractivity contribution is 6.00. The molecule has 0 atom stereocenters. The smallest absolute Gasteiger partial charge is 0.253 e. The van der Waals surface area contributed by atoms with E-state index in [9.17, 15) is 9.59 Å². The SMILES string of the molecule is Cl.Nc1ccccc1C(=O)NCC(=O)N1CCCCC1. The average molecular weight is 298 g/mol. The zero-order chi connectivity index (χ0) is 13.7. The summed E-state index contributed by atoms with van der Waals surface area (Å²) in [6.07, 6.45) is 3.27. The lowest BCUT2D eigenvalue weighted by Gasteiger charge is -2.26. The fourth-order valence-electron chi connectivity index (χ4n) is 2.21. The van der Waals surface area contributed by atoms with Gasteiger partial charge in [0.25, 0.3) is 5.91 Å². The largest absolute Gasteiger partial charge is 0.398 e. The van der Waals surface area contributed by atoms with E-state index in [1.807, 2.05) is 0 Å². The van der Waals surface area contributed by atoms with Crippen LogP contribution in [0.15, 0.2) is 24.3 Å². The Morgan fingerprint density at radius 1 is 1.15 bits per heavy atom. The first-order chi connectivity index (χ1) is 9.18. The molecular formula is C14H20ClN3O2. The molecule has 0 unspecified atom stereocenters. The van der Waals surface area contributed by atoms with E-state index in [0.29, 0.717) is 11.3 Å². The van der Waals surface area contributed by atoms with Crippen LogP contribution in [0.4, 0.5) is 5.69 Å². The number of piperidine rings is 1. The molecule has 1 fully saturated rings. The number of hydrogen-bond donors (Lipinski definition) is 2. The third-order valence-corrected chi connectivity index (χ3v) is 3.31. The van der Waals surface area contributed by atoms with Gasteiger partial charge in [0.2, 0.25) is 5.91 Å². The maximum atomic E-state index is 11.9. The zero-order valence-electron chi connectivity index (χ0n) is 11.3. The van der Waals surface area contributed by atoms with Gasteiger partial charge in [-0.3, -0.25) is 9.59 Å². The molecule has 2 rings (SSSR count). The number of carbonyl (C=O) groups is 2. The molecule has 1 aromatic rings. The molecule has 2 amide bonds. The second-order valence-electron chi connectivity index (χ2n) is 4.71. The summed E-state index contributed by atoms with van der Waals surface area (Å²) in [7, 11) is 0. The van der Waals surface area contributed by atoms with Gasteiger partial charge in [0.05, 0.1) is 12.1 Å². The number of nitrogens with zero attached hydrogens (tertiary/aromatic N) is 1. The predicted molar refractivity (Wildman–Crippen MR) is 80.9 cm³/mol. The van der Waals surface area contributed by atoms with Gasteiger partial charge in [0, 0.05) is 18.8 Å². The lowest BCUT2D eigenvalue weighted by Crippen LogP contribution is -2.42. The van der Waals surface area contributed by atoms with Crippen LogP contribution in [-0.4, -0.2) is 36.3 Å². The number of anilines is 1. The Balaban J connectivity index is 0.00000200. The van der Waals surface area contributed by atoms with Crippen LogP contribution in [-0.2, 0) is 4.79 Å². The number of benzene rings is 1. The highest BCUT2D eigenvalue weighted by Gasteiger charge is 2.17. The molecule has 5 nitrogen and oxygen atoms in total. The summed E-state index contributed by atoms with van der Waals surface area (Å²) in [6.45, 7) is 1.62. The number of halogens is 1. The number of carbonyl (C=O) groups excluding carboxylic acids is 2. The third kappa shape index (κ3) is 4.13. The summed E-state index contributed by atoms with van der Waals surface area (Å²) in [6, 6.07) is 6.83.